The molecule has 36 heavy (non-hydrogen) atoms. The normalized spacial score (nSPS) is 11.6. The Morgan fingerprint density at radius 3 is 2.33 bits per heavy atom. The van der Waals surface area contributed by atoms with Gasteiger partial charge in [-0.25, -0.2) is 4.39 Å². The Hall–Kier alpha value is -2.83. The highest BCUT2D eigenvalue weighted by Gasteiger charge is 2.30. The number of halogens is 2. The monoisotopic (exact) mass is 526 g/mol. The summed E-state index contributed by atoms with van der Waals surface area (Å²) in [4.78, 5) is 29.5. The first-order chi connectivity index (χ1) is 17.5. The van der Waals surface area contributed by atoms with Crippen LogP contribution in [0, 0.1) is 5.82 Å². The number of hydrogen-bond acceptors (Lipinski definition) is 3. The molecule has 7 heteroatoms. The van der Waals surface area contributed by atoms with Crippen molar-refractivity contribution in [1.82, 2.24) is 10.2 Å². The van der Waals surface area contributed by atoms with Gasteiger partial charge in [0.2, 0.25) is 11.8 Å². The molecule has 1 N–H and O–H groups in total. The summed E-state index contributed by atoms with van der Waals surface area (Å²) in [5.74, 6) is 0.163. The molecule has 1 atom stereocenters. The lowest BCUT2D eigenvalue weighted by Crippen LogP contribution is -2.50. The lowest BCUT2D eigenvalue weighted by Gasteiger charge is -2.31. The van der Waals surface area contributed by atoms with Gasteiger partial charge in [0.1, 0.15) is 11.9 Å². The second kappa shape index (κ2) is 14.7. The summed E-state index contributed by atoms with van der Waals surface area (Å²) >= 11 is 7.62. The van der Waals surface area contributed by atoms with E-state index in [2.05, 4.69) is 5.32 Å². The van der Waals surface area contributed by atoms with E-state index in [0.29, 0.717) is 30.8 Å². The third-order valence-corrected chi connectivity index (χ3v) is 7.05. The van der Waals surface area contributed by atoms with E-state index in [1.54, 1.807) is 28.8 Å². The molecule has 0 aliphatic carbocycles. The minimum atomic E-state index is -0.666. The topological polar surface area (TPSA) is 49.4 Å². The number of nitrogens with one attached hydrogen (secondary N) is 1. The Labute approximate surface area is 222 Å². The number of hydrogen-bond donors (Lipinski definition) is 1. The van der Waals surface area contributed by atoms with E-state index >= 15 is 0 Å². The van der Waals surface area contributed by atoms with Crippen LogP contribution in [-0.2, 0) is 22.6 Å². The van der Waals surface area contributed by atoms with Crippen LogP contribution in [0.15, 0.2) is 83.8 Å². The third kappa shape index (κ3) is 8.99. The second-order valence-electron chi connectivity index (χ2n) is 8.55. The first-order valence-electron chi connectivity index (χ1n) is 12.2. The minimum Gasteiger partial charge on any atom is -0.354 e. The molecule has 4 nitrogen and oxygen atoms in total. The van der Waals surface area contributed by atoms with Crippen molar-refractivity contribution in [3.05, 3.63) is 101 Å². The van der Waals surface area contributed by atoms with Gasteiger partial charge in [-0.15, -0.1) is 11.8 Å². The fourth-order valence-corrected chi connectivity index (χ4v) is 4.77. The molecular formula is C29H32ClFN2O2S. The van der Waals surface area contributed by atoms with Gasteiger partial charge in [0.15, 0.2) is 0 Å². The van der Waals surface area contributed by atoms with Crippen molar-refractivity contribution < 1.29 is 14.0 Å². The Morgan fingerprint density at radius 2 is 1.67 bits per heavy atom. The second-order valence-corrected chi connectivity index (χ2v) is 10.2. The molecule has 0 aliphatic heterocycles. The Balaban J connectivity index is 1.76. The van der Waals surface area contributed by atoms with Crippen molar-refractivity contribution in [3.63, 3.8) is 0 Å². The zero-order valence-electron chi connectivity index (χ0n) is 20.5. The van der Waals surface area contributed by atoms with Crippen molar-refractivity contribution in [1.29, 1.82) is 0 Å². The highest BCUT2D eigenvalue weighted by atomic mass is 35.5. The SMILES string of the molecule is CCCNC(=O)[C@H](Cc1ccccc1)N(Cc1ccc(F)cc1)C(=O)CCCSc1ccc(Cl)cc1. The van der Waals surface area contributed by atoms with Crippen molar-refractivity contribution in [2.24, 2.45) is 0 Å². The molecule has 0 saturated carbocycles. The van der Waals surface area contributed by atoms with Crippen molar-refractivity contribution in [2.45, 2.75) is 50.1 Å². The molecule has 0 fully saturated rings. The first kappa shape index (κ1) is 27.8. The molecule has 3 aromatic carbocycles. The maximum atomic E-state index is 13.5. The molecule has 0 radical (unpaired) electrons. The molecule has 0 unspecified atom stereocenters. The molecule has 0 spiro atoms. The van der Waals surface area contributed by atoms with Gasteiger partial charge in [0.05, 0.1) is 0 Å². The van der Waals surface area contributed by atoms with Gasteiger partial charge >= 0.3 is 0 Å². The predicted molar refractivity (Wildman–Crippen MR) is 146 cm³/mol. The van der Waals surface area contributed by atoms with E-state index in [9.17, 15) is 14.0 Å². The molecule has 0 saturated heterocycles. The molecular weight excluding hydrogens is 495 g/mol. The average molecular weight is 527 g/mol. The van der Waals surface area contributed by atoms with E-state index in [4.69, 9.17) is 11.6 Å². The zero-order chi connectivity index (χ0) is 25.8. The number of thioether (sulfide) groups is 1. The fraction of sp³-hybridized carbons (Fsp3) is 0.310. The summed E-state index contributed by atoms with van der Waals surface area (Å²) in [7, 11) is 0. The van der Waals surface area contributed by atoms with Gasteiger partial charge in [-0.2, -0.15) is 0 Å². The van der Waals surface area contributed by atoms with Crippen molar-refractivity contribution in [3.8, 4) is 0 Å². The maximum Gasteiger partial charge on any atom is 0.243 e. The summed E-state index contributed by atoms with van der Waals surface area (Å²) in [6, 6.07) is 22.7. The van der Waals surface area contributed by atoms with Gasteiger partial charge in [-0.3, -0.25) is 9.59 Å². The van der Waals surface area contributed by atoms with Crippen LogP contribution in [0.1, 0.15) is 37.3 Å². The van der Waals surface area contributed by atoms with Crippen LogP contribution >= 0.6 is 23.4 Å². The van der Waals surface area contributed by atoms with Gasteiger partial charge in [0, 0.05) is 35.8 Å². The van der Waals surface area contributed by atoms with Crippen LogP contribution in [0.3, 0.4) is 0 Å². The van der Waals surface area contributed by atoms with E-state index in [-0.39, 0.29) is 24.2 Å². The van der Waals surface area contributed by atoms with Crippen LogP contribution in [-0.4, -0.2) is 35.1 Å². The summed E-state index contributed by atoms with van der Waals surface area (Å²) in [5.41, 5.74) is 1.76. The van der Waals surface area contributed by atoms with Crippen molar-refractivity contribution in [2.75, 3.05) is 12.3 Å². The number of amides is 2. The molecule has 0 heterocycles. The number of nitrogens with zero attached hydrogens (tertiary/aromatic N) is 1. The Bertz CT molecular complexity index is 1090. The van der Waals surface area contributed by atoms with Crippen LogP contribution in [0.4, 0.5) is 4.39 Å². The van der Waals surface area contributed by atoms with E-state index in [0.717, 1.165) is 28.2 Å². The number of benzene rings is 3. The molecule has 190 valence electrons. The average Bonchev–Trinajstić information content (AvgIpc) is 2.89. The highest BCUT2D eigenvalue weighted by molar-refractivity contribution is 7.99. The molecule has 0 aliphatic rings. The molecule has 0 aromatic heterocycles. The predicted octanol–water partition coefficient (Wildman–Crippen LogP) is 6.52. The Kier molecular flexibility index (Phi) is 11.3. The van der Waals surface area contributed by atoms with Crippen molar-refractivity contribution >= 4 is 35.2 Å². The smallest absolute Gasteiger partial charge is 0.243 e. The van der Waals surface area contributed by atoms with Gasteiger partial charge in [-0.1, -0.05) is 61.0 Å². The molecule has 2 amide bonds. The van der Waals surface area contributed by atoms with Crippen LogP contribution in [0.2, 0.25) is 5.02 Å². The summed E-state index contributed by atoms with van der Waals surface area (Å²) in [5, 5.41) is 3.66. The van der Waals surface area contributed by atoms with Crippen LogP contribution < -0.4 is 5.32 Å². The first-order valence-corrected chi connectivity index (χ1v) is 13.6. The van der Waals surface area contributed by atoms with E-state index in [1.165, 1.54) is 12.1 Å². The zero-order valence-corrected chi connectivity index (χ0v) is 22.0. The Morgan fingerprint density at radius 1 is 0.972 bits per heavy atom. The van der Waals surface area contributed by atoms with E-state index in [1.807, 2.05) is 61.5 Å². The number of rotatable bonds is 13. The third-order valence-electron chi connectivity index (χ3n) is 5.70. The van der Waals surface area contributed by atoms with Gasteiger partial charge in [-0.05, 0) is 66.1 Å². The molecule has 3 rings (SSSR count). The maximum absolute atomic E-state index is 13.5. The lowest BCUT2D eigenvalue weighted by molar-refractivity contribution is -0.141. The number of carbonyl (C=O) groups excluding carboxylic acids is 2. The fourth-order valence-electron chi connectivity index (χ4n) is 3.79. The summed E-state index contributed by atoms with van der Waals surface area (Å²) in [6.07, 6.45) is 2.19. The van der Waals surface area contributed by atoms with Crippen LogP contribution in [0.25, 0.3) is 0 Å². The van der Waals surface area contributed by atoms with Gasteiger partial charge < -0.3 is 10.2 Å². The molecule has 0 bridgehead atoms. The lowest BCUT2D eigenvalue weighted by atomic mass is 10.0. The van der Waals surface area contributed by atoms with E-state index < -0.39 is 6.04 Å². The molecule has 3 aromatic rings. The summed E-state index contributed by atoms with van der Waals surface area (Å²) in [6.45, 7) is 2.77. The van der Waals surface area contributed by atoms with Gasteiger partial charge in [0.25, 0.3) is 0 Å². The minimum absolute atomic E-state index is 0.0939. The number of carbonyl (C=O) groups is 2. The summed E-state index contributed by atoms with van der Waals surface area (Å²) < 4.78 is 13.5. The quantitative estimate of drug-likeness (QED) is 0.204. The largest absolute Gasteiger partial charge is 0.354 e. The standard InChI is InChI=1S/C29H32ClFN2O2S/c1-2-18-32-29(35)27(20-22-7-4-3-5-8-22)33(21-23-10-14-25(31)15-11-23)28(34)9-6-19-36-26-16-12-24(30)13-17-26/h3-5,7-8,10-17,27H,2,6,9,18-21H2,1H3,(H,32,35)/t27-/m0/s1. The highest BCUT2D eigenvalue weighted by Crippen LogP contribution is 2.22. The van der Waals surface area contributed by atoms with Crippen LogP contribution in [0.5, 0.6) is 0 Å².